The summed E-state index contributed by atoms with van der Waals surface area (Å²) in [5, 5.41) is 17.0. The lowest BCUT2D eigenvalue weighted by Gasteiger charge is -2.16. The number of rotatable bonds is 11. The summed E-state index contributed by atoms with van der Waals surface area (Å²) in [6.45, 7) is 8.38. The summed E-state index contributed by atoms with van der Waals surface area (Å²) in [6.07, 6.45) is 4.21. The van der Waals surface area contributed by atoms with Crippen molar-refractivity contribution in [1.82, 2.24) is 20.2 Å². The maximum Gasteiger partial charge on any atom is 0.191 e. The quantitative estimate of drug-likeness (QED) is 0.180. The van der Waals surface area contributed by atoms with Crippen molar-refractivity contribution >= 4 is 29.9 Å². The molecular weight excluding hydrogens is 541 g/mol. The van der Waals surface area contributed by atoms with E-state index in [2.05, 4.69) is 49.4 Å². The number of halogens is 1. The monoisotopic (exact) mass is 577 g/mol. The zero-order valence-corrected chi connectivity index (χ0v) is 22.5. The zero-order valence-electron chi connectivity index (χ0n) is 20.1. The third-order valence-corrected chi connectivity index (χ3v) is 5.11. The van der Waals surface area contributed by atoms with E-state index < -0.39 is 6.10 Å². The summed E-state index contributed by atoms with van der Waals surface area (Å²) < 4.78 is 7.80. The van der Waals surface area contributed by atoms with Gasteiger partial charge >= 0.3 is 0 Å². The van der Waals surface area contributed by atoms with Gasteiger partial charge < -0.3 is 25.0 Å². The molecule has 34 heavy (non-hydrogen) atoms. The number of nitrogens with one attached hydrogen (secondary N) is 2. The molecule has 1 unspecified atom stereocenters. The van der Waals surface area contributed by atoms with Crippen LogP contribution in [0, 0.1) is 0 Å². The maximum absolute atomic E-state index is 10.6. The Labute approximate surface area is 219 Å². The van der Waals surface area contributed by atoms with Gasteiger partial charge in [-0.05, 0) is 50.5 Å². The van der Waals surface area contributed by atoms with Crippen LogP contribution in [0.25, 0.3) is 0 Å². The molecule has 0 aliphatic heterocycles. The third-order valence-electron chi connectivity index (χ3n) is 5.11. The smallest absolute Gasteiger partial charge is 0.191 e. The van der Waals surface area contributed by atoms with Crippen LogP contribution >= 0.6 is 24.0 Å². The number of benzene rings is 2. The highest BCUT2D eigenvalue weighted by molar-refractivity contribution is 14.0. The summed E-state index contributed by atoms with van der Waals surface area (Å²) in [5.74, 6) is 2.35. The molecule has 0 bridgehead atoms. The van der Waals surface area contributed by atoms with Crippen molar-refractivity contribution < 1.29 is 9.84 Å². The molecule has 0 saturated heterocycles. The molecule has 0 radical (unpaired) electrons. The van der Waals surface area contributed by atoms with Crippen LogP contribution < -0.4 is 15.4 Å². The average Bonchev–Trinajstić information content (AvgIpc) is 3.27. The van der Waals surface area contributed by atoms with Crippen molar-refractivity contribution in [2.45, 2.75) is 52.5 Å². The molecule has 184 valence electrons. The number of guanidine groups is 1. The van der Waals surface area contributed by atoms with Gasteiger partial charge in [0, 0.05) is 32.0 Å². The molecule has 3 aromatic rings. The van der Waals surface area contributed by atoms with Crippen molar-refractivity contribution in [3.63, 3.8) is 0 Å². The largest absolute Gasteiger partial charge is 0.491 e. The van der Waals surface area contributed by atoms with E-state index in [9.17, 15) is 5.11 Å². The second kappa shape index (κ2) is 14.6. The minimum Gasteiger partial charge on any atom is -0.491 e. The minimum atomic E-state index is -0.658. The van der Waals surface area contributed by atoms with E-state index in [0.717, 1.165) is 36.6 Å². The Kier molecular flexibility index (Phi) is 11.9. The lowest BCUT2D eigenvalue weighted by atomic mass is 10.1. The normalized spacial score (nSPS) is 12.2. The van der Waals surface area contributed by atoms with Gasteiger partial charge in [-0.25, -0.2) is 9.98 Å². The number of hydrogen-bond acceptors (Lipinski definition) is 4. The van der Waals surface area contributed by atoms with E-state index in [0.29, 0.717) is 19.0 Å². The first-order valence-electron chi connectivity index (χ1n) is 11.6. The highest BCUT2D eigenvalue weighted by atomic mass is 127. The van der Waals surface area contributed by atoms with Crippen LogP contribution in [0.4, 0.5) is 0 Å². The Hall–Kier alpha value is -2.59. The molecule has 8 heteroatoms. The van der Waals surface area contributed by atoms with Gasteiger partial charge in [-0.1, -0.05) is 42.5 Å². The molecule has 0 saturated carbocycles. The van der Waals surface area contributed by atoms with Crippen molar-refractivity contribution in [3.05, 3.63) is 83.9 Å². The van der Waals surface area contributed by atoms with E-state index in [4.69, 9.17) is 4.74 Å². The van der Waals surface area contributed by atoms with Crippen LogP contribution in [0.5, 0.6) is 5.75 Å². The van der Waals surface area contributed by atoms with Gasteiger partial charge in [0.05, 0.1) is 12.2 Å². The molecule has 0 amide bonds. The fraction of sp³-hybridized carbons (Fsp3) is 0.385. The van der Waals surface area contributed by atoms with Crippen LogP contribution in [0.15, 0.2) is 72.0 Å². The number of ether oxygens (including phenoxy) is 1. The van der Waals surface area contributed by atoms with Crippen molar-refractivity contribution in [2.75, 3.05) is 13.1 Å². The Morgan fingerprint density at radius 3 is 2.50 bits per heavy atom. The molecule has 1 aromatic heterocycles. The Morgan fingerprint density at radius 1 is 1.09 bits per heavy atom. The van der Waals surface area contributed by atoms with Crippen molar-refractivity contribution in [3.8, 4) is 5.75 Å². The molecule has 1 heterocycles. The van der Waals surface area contributed by atoms with Crippen LogP contribution in [0.1, 0.15) is 43.8 Å². The van der Waals surface area contributed by atoms with E-state index in [1.165, 1.54) is 5.56 Å². The zero-order chi connectivity index (χ0) is 23.5. The number of imidazole rings is 1. The molecule has 0 aliphatic rings. The van der Waals surface area contributed by atoms with E-state index in [1.54, 1.807) is 0 Å². The topological polar surface area (TPSA) is 83.7 Å². The predicted molar refractivity (Wildman–Crippen MR) is 148 cm³/mol. The Bertz CT molecular complexity index is 990. The maximum atomic E-state index is 10.6. The molecule has 1 atom stereocenters. The van der Waals surface area contributed by atoms with Gasteiger partial charge in [-0.15, -0.1) is 24.0 Å². The van der Waals surface area contributed by atoms with E-state index >= 15 is 0 Å². The second-order valence-corrected chi connectivity index (χ2v) is 8.10. The number of aromatic nitrogens is 2. The summed E-state index contributed by atoms with van der Waals surface area (Å²) in [6, 6.07) is 18.0. The van der Waals surface area contributed by atoms with E-state index in [1.807, 2.05) is 63.5 Å². The third kappa shape index (κ3) is 8.98. The molecular formula is C26H36IN5O2. The Morgan fingerprint density at radius 2 is 1.82 bits per heavy atom. The number of hydrogen-bond donors (Lipinski definition) is 3. The van der Waals surface area contributed by atoms with Crippen molar-refractivity contribution in [1.29, 1.82) is 0 Å². The molecule has 0 spiro atoms. The van der Waals surface area contributed by atoms with Gasteiger partial charge in [-0.2, -0.15) is 0 Å². The fourth-order valence-electron chi connectivity index (χ4n) is 3.43. The highest BCUT2D eigenvalue weighted by Crippen LogP contribution is 2.18. The summed E-state index contributed by atoms with van der Waals surface area (Å²) >= 11 is 0. The summed E-state index contributed by atoms with van der Waals surface area (Å²) in [4.78, 5) is 9.14. The van der Waals surface area contributed by atoms with Gasteiger partial charge in [0.1, 0.15) is 18.1 Å². The first kappa shape index (κ1) is 27.7. The lowest BCUT2D eigenvalue weighted by Crippen LogP contribution is -2.39. The lowest BCUT2D eigenvalue weighted by molar-refractivity contribution is 0.180. The highest BCUT2D eigenvalue weighted by Gasteiger charge is 2.10. The fourth-order valence-corrected chi connectivity index (χ4v) is 3.43. The molecule has 3 N–H and O–H groups in total. The molecule has 3 rings (SSSR count). The van der Waals surface area contributed by atoms with Crippen LogP contribution in [0.2, 0.25) is 0 Å². The summed E-state index contributed by atoms with van der Waals surface area (Å²) in [7, 11) is 0. The number of aliphatic hydroxyl groups is 1. The SMILES string of the molecule is CCNC(=NCc1nccn1CCc1ccccc1)NCC(O)c1ccc(OC(C)C)cc1.I. The number of aryl methyl sites for hydroxylation is 2. The summed E-state index contributed by atoms with van der Waals surface area (Å²) in [5.41, 5.74) is 2.12. The van der Waals surface area contributed by atoms with Crippen LogP contribution in [-0.2, 0) is 19.5 Å². The standard InChI is InChI=1S/C26H35N5O2.HI/c1-4-27-26(29-18-24(32)22-10-12-23(13-11-22)33-20(2)3)30-19-25-28-15-17-31(25)16-14-21-8-6-5-7-9-21;/h5-13,15,17,20,24,32H,4,14,16,18-19H2,1-3H3,(H2,27,29,30);1H. The molecule has 0 fully saturated rings. The molecule has 7 nitrogen and oxygen atoms in total. The predicted octanol–water partition coefficient (Wildman–Crippen LogP) is 4.32. The average molecular weight is 578 g/mol. The first-order chi connectivity index (χ1) is 16.0. The number of aliphatic imine (C=N–C) groups is 1. The van der Waals surface area contributed by atoms with Crippen LogP contribution in [-0.4, -0.2) is 39.8 Å². The van der Waals surface area contributed by atoms with Gasteiger partial charge in [-0.3, -0.25) is 0 Å². The minimum absolute atomic E-state index is 0. The van der Waals surface area contributed by atoms with Crippen LogP contribution in [0.3, 0.4) is 0 Å². The van der Waals surface area contributed by atoms with Gasteiger partial charge in [0.2, 0.25) is 0 Å². The molecule has 0 aliphatic carbocycles. The number of nitrogens with zero attached hydrogens (tertiary/aromatic N) is 3. The molecule has 2 aromatic carbocycles. The van der Waals surface area contributed by atoms with Gasteiger partial charge in [0.15, 0.2) is 5.96 Å². The Balaban J connectivity index is 0.00000408. The first-order valence-corrected chi connectivity index (χ1v) is 11.6. The van der Waals surface area contributed by atoms with Gasteiger partial charge in [0.25, 0.3) is 0 Å². The second-order valence-electron chi connectivity index (χ2n) is 8.10. The number of aliphatic hydroxyl groups excluding tert-OH is 1. The van der Waals surface area contributed by atoms with E-state index in [-0.39, 0.29) is 30.1 Å². The van der Waals surface area contributed by atoms with Crippen molar-refractivity contribution in [2.24, 2.45) is 4.99 Å².